The van der Waals surface area contributed by atoms with Gasteiger partial charge in [0.15, 0.2) is 0 Å². The number of nitrogens with zero attached hydrogens (tertiary/aromatic N) is 2. The first-order chi connectivity index (χ1) is 8.74. The molecule has 1 aliphatic heterocycles. The molecule has 0 aliphatic carbocycles. The number of carboxylic acids is 1. The highest BCUT2D eigenvalue weighted by molar-refractivity contribution is 5.85. The molecule has 0 spiro atoms. The van der Waals surface area contributed by atoms with Crippen LogP contribution in [0.1, 0.15) is 22.1 Å². The number of aromatic carboxylic acids is 1. The van der Waals surface area contributed by atoms with Gasteiger partial charge in [0.25, 0.3) is 0 Å². The summed E-state index contributed by atoms with van der Waals surface area (Å²) >= 11 is 0. The fourth-order valence-electron chi connectivity index (χ4n) is 1.69. The number of para-hydroxylation sites is 1. The van der Waals surface area contributed by atoms with E-state index in [1.54, 1.807) is 0 Å². The zero-order valence-corrected chi connectivity index (χ0v) is 9.16. The monoisotopic (exact) mass is 244 g/mol. The third kappa shape index (κ3) is 1.73. The van der Waals surface area contributed by atoms with Gasteiger partial charge in [0.05, 0.1) is 0 Å². The van der Waals surface area contributed by atoms with Gasteiger partial charge in [-0.2, -0.15) is 4.98 Å². The quantitative estimate of drug-likeness (QED) is 0.865. The third-order valence-electron chi connectivity index (χ3n) is 2.53. The predicted octanol–water partition coefficient (Wildman–Crippen LogP) is 1.70. The molecular formula is C12H8N2O4. The van der Waals surface area contributed by atoms with Crippen molar-refractivity contribution in [1.29, 1.82) is 0 Å². The van der Waals surface area contributed by atoms with Crippen LogP contribution >= 0.6 is 0 Å². The second-order valence-corrected chi connectivity index (χ2v) is 3.72. The van der Waals surface area contributed by atoms with Crippen molar-refractivity contribution in [3.8, 4) is 5.75 Å². The molecule has 2 heterocycles. The van der Waals surface area contributed by atoms with E-state index in [0.717, 1.165) is 11.3 Å². The molecule has 0 unspecified atom stereocenters. The second-order valence-electron chi connectivity index (χ2n) is 3.72. The van der Waals surface area contributed by atoms with Gasteiger partial charge < -0.3 is 14.4 Å². The van der Waals surface area contributed by atoms with Crippen molar-refractivity contribution in [3.05, 3.63) is 41.5 Å². The Kier molecular flexibility index (Phi) is 2.33. The van der Waals surface area contributed by atoms with Crippen LogP contribution in [-0.2, 0) is 0 Å². The lowest BCUT2D eigenvalue weighted by molar-refractivity contribution is 0.0643. The van der Waals surface area contributed by atoms with Crippen molar-refractivity contribution >= 4 is 17.6 Å². The standard InChI is InChI=1S/C12H8N2O4/c15-12(16)11-13-10(14-18-11)8-5-7-3-1-2-4-9(7)17-6-8/h1-5H,6H2,(H,15,16). The maximum atomic E-state index is 10.6. The summed E-state index contributed by atoms with van der Waals surface area (Å²) in [6.45, 7) is 0.287. The van der Waals surface area contributed by atoms with Gasteiger partial charge in [-0.25, -0.2) is 4.79 Å². The first kappa shape index (κ1) is 10.5. The van der Waals surface area contributed by atoms with Crippen LogP contribution in [0.3, 0.4) is 0 Å². The highest BCUT2D eigenvalue weighted by Crippen LogP contribution is 2.28. The highest BCUT2D eigenvalue weighted by Gasteiger charge is 2.19. The number of aromatic nitrogens is 2. The summed E-state index contributed by atoms with van der Waals surface area (Å²) in [5.41, 5.74) is 1.59. The van der Waals surface area contributed by atoms with E-state index in [2.05, 4.69) is 14.7 Å². The second kappa shape index (κ2) is 3.99. The average molecular weight is 244 g/mol. The van der Waals surface area contributed by atoms with Crippen molar-refractivity contribution in [2.45, 2.75) is 0 Å². The summed E-state index contributed by atoms with van der Waals surface area (Å²) in [6, 6.07) is 7.53. The first-order valence-electron chi connectivity index (χ1n) is 5.24. The van der Waals surface area contributed by atoms with Gasteiger partial charge in [-0.1, -0.05) is 23.4 Å². The van der Waals surface area contributed by atoms with E-state index in [1.807, 2.05) is 30.3 Å². The maximum Gasteiger partial charge on any atom is 0.394 e. The Bertz CT molecular complexity index is 645. The first-order valence-corrected chi connectivity index (χ1v) is 5.24. The normalized spacial score (nSPS) is 13.4. The Labute approximate surface area is 102 Å². The fourth-order valence-corrected chi connectivity index (χ4v) is 1.69. The van der Waals surface area contributed by atoms with Crippen molar-refractivity contribution in [2.24, 2.45) is 0 Å². The van der Waals surface area contributed by atoms with E-state index < -0.39 is 11.9 Å². The number of benzene rings is 1. The van der Waals surface area contributed by atoms with Crippen molar-refractivity contribution in [2.75, 3.05) is 6.61 Å². The van der Waals surface area contributed by atoms with Gasteiger partial charge in [-0.05, 0) is 12.1 Å². The molecule has 0 atom stereocenters. The van der Waals surface area contributed by atoms with Crippen LogP contribution in [-0.4, -0.2) is 27.8 Å². The minimum absolute atomic E-state index is 0.238. The highest BCUT2D eigenvalue weighted by atomic mass is 16.5. The molecule has 3 rings (SSSR count). The van der Waals surface area contributed by atoms with E-state index in [4.69, 9.17) is 9.84 Å². The van der Waals surface area contributed by atoms with Crippen LogP contribution in [0.4, 0.5) is 0 Å². The molecule has 90 valence electrons. The van der Waals surface area contributed by atoms with Gasteiger partial charge >= 0.3 is 11.9 Å². The number of rotatable bonds is 2. The summed E-state index contributed by atoms with van der Waals surface area (Å²) < 4.78 is 10.1. The molecule has 18 heavy (non-hydrogen) atoms. The fraction of sp³-hybridized carbons (Fsp3) is 0.0833. The van der Waals surface area contributed by atoms with Gasteiger partial charge in [-0.15, -0.1) is 0 Å². The number of carboxylic acid groups (broad SMARTS) is 1. The zero-order chi connectivity index (χ0) is 12.5. The Morgan fingerprint density at radius 3 is 2.94 bits per heavy atom. The van der Waals surface area contributed by atoms with E-state index >= 15 is 0 Å². The van der Waals surface area contributed by atoms with E-state index in [9.17, 15) is 4.79 Å². The lowest BCUT2D eigenvalue weighted by atomic mass is 10.1. The molecule has 0 saturated heterocycles. The molecule has 1 aliphatic rings. The van der Waals surface area contributed by atoms with Gasteiger partial charge in [0.1, 0.15) is 12.4 Å². The van der Waals surface area contributed by atoms with Gasteiger partial charge in [0.2, 0.25) is 5.82 Å². The maximum absolute atomic E-state index is 10.6. The molecule has 6 nitrogen and oxygen atoms in total. The summed E-state index contributed by atoms with van der Waals surface area (Å²) in [5, 5.41) is 12.3. The number of carbonyl (C=O) groups is 1. The molecule has 1 aromatic heterocycles. The Hall–Kier alpha value is -2.63. The summed E-state index contributed by atoms with van der Waals surface area (Å²) in [5.74, 6) is -0.652. The molecule has 6 heteroatoms. The third-order valence-corrected chi connectivity index (χ3v) is 2.53. The average Bonchev–Trinajstić information content (AvgIpc) is 2.88. The molecule has 0 bridgehead atoms. The van der Waals surface area contributed by atoms with Crippen LogP contribution in [0.25, 0.3) is 11.6 Å². The predicted molar refractivity (Wildman–Crippen MR) is 61.1 cm³/mol. The molecule has 0 saturated carbocycles. The molecular weight excluding hydrogens is 236 g/mol. The smallest absolute Gasteiger partial charge is 0.394 e. The van der Waals surface area contributed by atoms with Crippen molar-refractivity contribution in [1.82, 2.24) is 10.1 Å². The SMILES string of the molecule is O=C(O)c1nc(C2=Cc3ccccc3OC2)no1. The molecule has 0 fully saturated rings. The van der Waals surface area contributed by atoms with E-state index in [1.165, 1.54) is 0 Å². The van der Waals surface area contributed by atoms with Gasteiger partial charge in [-0.3, -0.25) is 0 Å². The summed E-state index contributed by atoms with van der Waals surface area (Å²) in [7, 11) is 0. The minimum atomic E-state index is -1.24. The zero-order valence-electron chi connectivity index (χ0n) is 9.16. The Balaban J connectivity index is 1.98. The summed E-state index contributed by atoms with van der Waals surface area (Å²) in [6.07, 6.45) is 1.86. The van der Waals surface area contributed by atoms with Crippen LogP contribution in [0.2, 0.25) is 0 Å². The molecule has 0 radical (unpaired) electrons. The minimum Gasteiger partial charge on any atom is -0.488 e. The lowest BCUT2D eigenvalue weighted by Gasteiger charge is -2.15. The van der Waals surface area contributed by atoms with E-state index in [0.29, 0.717) is 5.57 Å². The number of ether oxygens (including phenoxy) is 1. The Morgan fingerprint density at radius 2 is 2.17 bits per heavy atom. The van der Waals surface area contributed by atoms with Crippen LogP contribution in [0, 0.1) is 0 Å². The van der Waals surface area contributed by atoms with Crippen molar-refractivity contribution in [3.63, 3.8) is 0 Å². The lowest BCUT2D eigenvalue weighted by Crippen LogP contribution is -2.07. The topological polar surface area (TPSA) is 85.5 Å². The molecule has 2 aromatic rings. The summed E-state index contributed by atoms with van der Waals surface area (Å²) in [4.78, 5) is 14.4. The van der Waals surface area contributed by atoms with E-state index in [-0.39, 0.29) is 12.4 Å². The molecule has 0 amide bonds. The number of hydrogen-bond donors (Lipinski definition) is 1. The Morgan fingerprint density at radius 1 is 1.33 bits per heavy atom. The van der Waals surface area contributed by atoms with Crippen LogP contribution < -0.4 is 4.74 Å². The molecule has 1 N–H and O–H groups in total. The largest absolute Gasteiger partial charge is 0.488 e. The molecule has 1 aromatic carbocycles. The number of fused-ring (bicyclic) bond motifs is 1. The van der Waals surface area contributed by atoms with Crippen LogP contribution in [0.15, 0.2) is 28.8 Å². The number of hydrogen-bond acceptors (Lipinski definition) is 5. The van der Waals surface area contributed by atoms with Gasteiger partial charge in [0, 0.05) is 11.1 Å². The van der Waals surface area contributed by atoms with Crippen LogP contribution in [0.5, 0.6) is 5.75 Å². The van der Waals surface area contributed by atoms with Crippen molar-refractivity contribution < 1.29 is 19.2 Å².